The zero-order chi connectivity index (χ0) is 7.40. The molecule has 11 heavy (non-hydrogen) atoms. The molecule has 1 atom stereocenters. The Morgan fingerprint density at radius 1 is 1.27 bits per heavy atom. The summed E-state index contributed by atoms with van der Waals surface area (Å²) in [5.41, 5.74) is 0. The van der Waals surface area contributed by atoms with Crippen molar-refractivity contribution in [2.75, 3.05) is 0 Å². The van der Waals surface area contributed by atoms with Crippen LogP contribution in [-0.4, -0.2) is 22.4 Å². The van der Waals surface area contributed by atoms with Gasteiger partial charge in [0.1, 0.15) is 5.75 Å². The smallest absolute Gasteiger partial charge is 0.194 e. The Hall–Kier alpha value is -0.803. The van der Waals surface area contributed by atoms with Crippen LogP contribution in [0.15, 0.2) is 30.3 Å². The zero-order valence-electron chi connectivity index (χ0n) is 5.82. The summed E-state index contributed by atoms with van der Waals surface area (Å²) < 4.78 is 4.97. The standard InChI is InChI=1S/C8H10O2.H4Si/c1-7(9)10-8-5-3-2-4-6-8;/h2-7,9H,1H3;1H4. The SMILES string of the molecule is CC(O)Oc1ccccc1.[SiH4]. The van der Waals surface area contributed by atoms with Crippen molar-refractivity contribution in [3.8, 4) is 5.75 Å². The topological polar surface area (TPSA) is 29.5 Å². The fourth-order valence-corrected chi connectivity index (χ4v) is 0.696. The van der Waals surface area contributed by atoms with Crippen LogP contribution in [0.3, 0.4) is 0 Å². The quantitative estimate of drug-likeness (QED) is 0.498. The van der Waals surface area contributed by atoms with E-state index in [4.69, 9.17) is 9.84 Å². The molecule has 0 aliphatic carbocycles. The number of rotatable bonds is 2. The number of aliphatic hydroxyl groups excluding tert-OH is 1. The molecule has 2 nitrogen and oxygen atoms in total. The first kappa shape index (κ1) is 10.2. The van der Waals surface area contributed by atoms with E-state index in [-0.39, 0.29) is 11.0 Å². The second kappa shape index (κ2) is 4.93. The van der Waals surface area contributed by atoms with Crippen molar-refractivity contribution >= 4 is 11.0 Å². The fourth-order valence-electron chi connectivity index (χ4n) is 0.696. The number of hydrogen-bond donors (Lipinski definition) is 1. The molecule has 0 spiro atoms. The van der Waals surface area contributed by atoms with Crippen molar-refractivity contribution in [3.05, 3.63) is 30.3 Å². The number of benzene rings is 1. The van der Waals surface area contributed by atoms with Crippen LogP contribution >= 0.6 is 0 Å². The summed E-state index contributed by atoms with van der Waals surface area (Å²) in [5, 5.41) is 8.78. The monoisotopic (exact) mass is 170 g/mol. The van der Waals surface area contributed by atoms with Gasteiger partial charge in [-0.15, -0.1) is 0 Å². The normalized spacial score (nSPS) is 11.5. The van der Waals surface area contributed by atoms with Crippen LogP contribution in [0.2, 0.25) is 0 Å². The summed E-state index contributed by atoms with van der Waals surface area (Å²) in [5.74, 6) is 0.692. The molecule has 62 valence electrons. The molecule has 0 heterocycles. The molecule has 1 aromatic carbocycles. The van der Waals surface area contributed by atoms with Crippen molar-refractivity contribution in [3.63, 3.8) is 0 Å². The van der Waals surface area contributed by atoms with Gasteiger partial charge in [-0.25, -0.2) is 0 Å². The molecule has 0 radical (unpaired) electrons. The van der Waals surface area contributed by atoms with E-state index in [2.05, 4.69) is 0 Å². The van der Waals surface area contributed by atoms with Crippen LogP contribution in [-0.2, 0) is 0 Å². The van der Waals surface area contributed by atoms with Gasteiger partial charge in [-0.2, -0.15) is 0 Å². The molecule has 1 aromatic rings. The third-order valence-electron chi connectivity index (χ3n) is 1.05. The summed E-state index contributed by atoms with van der Waals surface area (Å²) in [6, 6.07) is 9.21. The van der Waals surface area contributed by atoms with Gasteiger partial charge in [-0.1, -0.05) is 18.2 Å². The van der Waals surface area contributed by atoms with E-state index < -0.39 is 6.29 Å². The largest absolute Gasteiger partial charge is 0.465 e. The molecular formula is C8H14O2Si. The van der Waals surface area contributed by atoms with Crippen molar-refractivity contribution in [1.29, 1.82) is 0 Å². The minimum atomic E-state index is -0.734. The van der Waals surface area contributed by atoms with Gasteiger partial charge in [0, 0.05) is 0 Å². The maximum atomic E-state index is 8.78. The molecule has 0 bridgehead atoms. The summed E-state index contributed by atoms with van der Waals surface area (Å²) >= 11 is 0. The molecule has 3 heteroatoms. The molecule has 0 aliphatic rings. The minimum Gasteiger partial charge on any atom is -0.465 e. The van der Waals surface area contributed by atoms with Crippen LogP contribution in [0, 0.1) is 0 Å². The van der Waals surface area contributed by atoms with E-state index in [0.717, 1.165) is 0 Å². The van der Waals surface area contributed by atoms with Gasteiger partial charge in [-0.3, -0.25) is 0 Å². The molecule has 0 fully saturated rings. The highest BCUT2D eigenvalue weighted by molar-refractivity contribution is 5.75. The Morgan fingerprint density at radius 2 is 1.82 bits per heavy atom. The van der Waals surface area contributed by atoms with E-state index in [1.54, 1.807) is 19.1 Å². The molecule has 0 saturated carbocycles. The van der Waals surface area contributed by atoms with Gasteiger partial charge in [-0.05, 0) is 30.0 Å². The third kappa shape index (κ3) is 3.80. The summed E-state index contributed by atoms with van der Waals surface area (Å²) in [4.78, 5) is 0. The minimum absolute atomic E-state index is 0. The predicted molar refractivity (Wildman–Crippen MR) is 50.1 cm³/mol. The van der Waals surface area contributed by atoms with Crippen LogP contribution in [0.25, 0.3) is 0 Å². The Kier molecular flexibility index (Phi) is 4.57. The maximum absolute atomic E-state index is 8.78. The third-order valence-corrected chi connectivity index (χ3v) is 1.05. The van der Waals surface area contributed by atoms with E-state index in [0.29, 0.717) is 5.75 Å². The highest BCUT2D eigenvalue weighted by Gasteiger charge is 1.94. The number of ether oxygens (including phenoxy) is 1. The lowest BCUT2D eigenvalue weighted by Crippen LogP contribution is -2.08. The van der Waals surface area contributed by atoms with Crippen molar-refractivity contribution in [2.24, 2.45) is 0 Å². The van der Waals surface area contributed by atoms with Gasteiger partial charge >= 0.3 is 0 Å². The van der Waals surface area contributed by atoms with Crippen LogP contribution in [0.5, 0.6) is 5.75 Å². The second-order valence-electron chi connectivity index (χ2n) is 2.03. The lowest BCUT2D eigenvalue weighted by molar-refractivity contribution is -0.000286. The highest BCUT2D eigenvalue weighted by atomic mass is 28.1. The number of hydrogen-bond acceptors (Lipinski definition) is 2. The molecule has 0 aliphatic heterocycles. The highest BCUT2D eigenvalue weighted by Crippen LogP contribution is 2.08. The van der Waals surface area contributed by atoms with Crippen LogP contribution < -0.4 is 4.74 Å². The van der Waals surface area contributed by atoms with Crippen molar-refractivity contribution in [1.82, 2.24) is 0 Å². The molecule has 1 N–H and O–H groups in total. The zero-order valence-corrected chi connectivity index (χ0v) is 5.82. The van der Waals surface area contributed by atoms with Gasteiger partial charge in [0.15, 0.2) is 6.29 Å². The first-order chi connectivity index (χ1) is 4.79. The van der Waals surface area contributed by atoms with E-state index in [1.165, 1.54) is 0 Å². The van der Waals surface area contributed by atoms with Crippen molar-refractivity contribution in [2.45, 2.75) is 13.2 Å². The average Bonchev–Trinajstić information content (AvgIpc) is 1.88. The molecular weight excluding hydrogens is 156 g/mol. The first-order valence-electron chi connectivity index (χ1n) is 3.19. The summed E-state index contributed by atoms with van der Waals surface area (Å²) in [6.45, 7) is 1.58. The van der Waals surface area contributed by atoms with E-state index >= 15 is 0 Å². The Morgan fingerprint density at radius 3 is 2.27 bits per heavy atom. The number of aliphatic hydroxyl groups is 1. The Labute approximate surface area is 70.8 Å². The second-order valence-corrected chi connectivity index (χ2v) is 2.03. The van der Waals surface area contributed by atoms with Crippen LogP contribution in [0.4, 0.5) is 0 Å². The van der Waals surface area contributed by atoms with E-state index in [9.17, 15) is 0 Å². The van der Waals surface area contributed by atoms with Gasteiger partial charge in [0.2, 0.25) is 0 Å². The average molecular weight is 170 g/mol. The molecule has 1 unspecified atom stereocenters. The lowest BCUT2D eigenvalue weighted by Gasteiger charge is -2.06. The molecule has 1 rings (SSSR count). The Balaban J connectivity index is 0.000001000. The Bertz CT molecular complexity index is 187. The molecule has 0 aromatic heterocycles. The summed E-state index contributed by atoms with van der Waals surface area (Å²) in [7, 11) is 0. The lowest BCUT2D eigenvalue weighted by atomic mass is 10.3. The molecule has 0 amide bonds. The van der Waals surface area contributed by atoms with E-state index in [1.807, 2.05) is 18.2 Å². The first-order valence-corrected chi connectivity index (χ1v) is 3.19. The van der Waals surface area contributed by atoms with Gasteiger partial charge in [0.05, 0.1) is 0 Å². The van der Waals surface area contributed by atoms with Gasteiger partial charge in [0.25, 0.3) is 0 Å². The van der Waals surface area contributed by atoms with Gasteiger partial charge < -0.3 is 9.84 Å². The predicted octanol–water partition coefficient (Wildman–Crippen LogP) is -0.0479. The fraction of sp³-hybridized carbons (Fsp3) is 0.250. The molecule has 0 saturated heterocycles. The van der Waals surface area contributed by atoms with Crippen LogP contribution in [0.1, 0.15) is 6.92 Å². The summed E-state index contributed by atoms with van der Waals surface area (Å²) in [6.07, 6.45) is -0.734. The maximum Gasteiger partial charge on any atom is 0.194 e. The number of para-hydroxylation sites is 1. The van der Waals surface area contributed by atoms with Crippen molar-refractivity contribution < 1.29 is 9.84 Å².